The van der Waals surface area contributed by atoms with Gasteiger partial charge in [-0.3, -0.25) is 4.57 Å². The van der Waals surface area contributed by atoms with E-state index in [-0.39, 0.29) is 17.8 Å². The Hall–Kier alpha value is -3.22. The highest BCUT2D eigenvalue weighted by Crippen LogP contribution is 2.28. The van der Waals surface area contributed by atoms with Crippen molar-refractivity contribution in [2.75, 3.05) is 25.5 Å². The monoisotopic (exact) mass is 380 g/mol. The third-order valence-corrected chi connectivity index (χ3v) is 5.34. The van der Waals surface area contributed by atoms with E-state index in [1.165, 1.54) is 0 Å². The van der Waals surface area contributed by atoms with Crippen molar-refractivity contribution in [2.24, 2.45) is 0 Å². The number of nitrogens with one attached hydrogen (secondary N) is 2. The van der Waals surface area contributed by atoms with Crippen molar-refractivity contribution >= 4 is 22.8 Å². The minimum absolute atomic E-state index is 0.0844. The average molecular weight is 380 g/mol. The van der Waals surface area contributed by atoms with Gasteiger partial charge in [-0.15, -0.1) is 0 Å². The van der Waals surface area contributed by atoms with Crippen molar-refractivity contribution in [1.82, 2.24) is 14.5 Å². The number of ether oxygens (including phenoxy) is 1. The Morgan fingerprint density at radius 1 is 1.18 bits per heavy atom. The second-order valence-corrected chi connectivity index (χ2v) is 7.17. The number of carbonyl (C=O) groups is 1. The van der Waals surface area contributed by atoms with Crippen LogP contribution in [0.2, 0.25) is 0 Å². The average Bonchev–Trinajstić information content (AvgIpc) is 3.04. The first-order valence-corrected chi connectivity index (χ1v) is 9.46. The second kappa shape index (κ2) is 7.42. The molecule has 1 aliphatic rings. The van der Waals surface area contributed by atoms with E-state index in [1.54, 1.807) is 12.0 Å². The molecule has 2 N–H and O–H groups in total. The van der Waals surface area contributed by atoms with Crippen molar-refractivity contribution in [3.63, 3.8) is 0 Å². The van der Waals surface area contributed by atoms with Gasteiger partial charge in [0.1, 0.15) is 5.75 Å². The summed E-state index contributed by atoms with van der Waals surface area (Å²) >= 11 is 0. The highest BCUT2D eigenvalue weighted by molar-refractivity contribution is 5.91. The lowest BCUT2D eigenvalue weighted by molar-refractivity contribution is 0.184. The molecule has 1 fully saturated rings. The fourth-order valence-electron chi connectivity index (χ4n) is 3.88. The highest BCUT2D eigenvalue weighted by atomic mass is 16.5. The summed E-state index contributed by atoms with van der Waals surface area (Å²) in [4.78, 5) is 29.8. The normalized spacial score (nSPS) is 15.0. The zero-order valence-corrected chi connectivity index (χ0v) is 16.1. The maximum absolute atomic E-state index is 12.7. The smallest absolute Gasteiger partial charge is 0.326 e. The summed E-state index contributed by atoms with van der Waals surface area (Å²) in [7, 11) is 1.59. The number of imidazole rings is 1. The van der Waals surface area contributed by atoms with Crippen molar-refractivity contribution in [3.8, 4) is 5.75 Å². The molecule has 28 heavy (non-hydrogen) atoms. The van der Waals surface area contributed by atoms with E-state index in [1.807, 2.05) is 54.0 Å². The predicted octanol–water partition coefficient (Wildman–Crippen LogP) is 3.52. The number of urea groups is 1. The number of hydrogen-bond donors (Lipinski definition) is 2. The molecule has 1 aliphatic heterocycles. The highest BCUT2D eigenvalue weighted by Gasteiger charge is 2.26. The summed E-state index contributed by atoms with van der Waals surface area (Å²) in [5.41, 5.74) is 3.39. The van der Waals surface area contributed by atoms with Crippen molar-refractivity contribution in [1.29, 1.82) is 0 Å². The molecule has 0 atom stereocenters. The van der Waals surface area contributed by atoms with Crippen LogP contribution in [0.5, 0.6) is 5.75 Å². The van der Waals surface area contributed by atoms with Gasteiger partial charge in [0.25, 0.3) is 0 Å². The van der Waals surface area contributed by atoms with Crippen LogP contribution in [0.25, 0.3) is 11.0 Å². The first-order valence-electron chi connectivity index (χ1n) is 9.46. The lowest BCUT2D eigenvalue weighted by atomic mass is 10.0. The number of H-pyrrole nitrogens is 1. The fraction of sp³-hybridized carbons (Fsp3) is 0.333. The van der Waals surface area contributed by atoms with Gasteiger partial charge in [-0.05, 0) is 49.6 Å². The molecule has 0 aliphatic carbocycles. The van der Waals surface area contributed by atoms with Gasteiger partial charge in [-0.2, -0.15) is 0 Å². The number of para-hydroxylation sites is 2. The number of benzene rings is 2. The molecule has 4 rings (SSSR count). The van der Waals surface area contributed by atoms with Crippen molar-refractivity contribution < 1.29 is 9.53 Å². The molecule has 2 amide bonds. The summed E-state index contributed by atoms with van der Waals surface area (Å²) in [5.74, 6) is 0.638. The molecular formula is C21H24N4O3. The number of fused-ring (bicyclic) bond motifs is 1. The first kappa shape index (κ1) is 18.2. The molecule has 1 aromatic heterocycles. The Morgan fingerprint density at radius 2 is 1.93 bits per heavy atom. The van der Waals surface area contributed by atoms with Crippen LogP contribution >= 0.6 is 0 Å². The Morgan fingerprint density at radius 3 is 2.68 bits per heavy atom. The molecule has 0 spiro atoms. The number of anilines is 1. The number of methoxy groups -OCH3 is 1. The van der Waals surface area contributed by atoms with E-state index in [4.69, 9.17) is 4.74 Å². The largest absolute Gasteiger partial charge is 0.495 e. The minimum atomic E-state index is -0.145. The van der Waals surface area contributed by atoms with Crippen molar-refractivity contribution in [3.05, 3.63) is 58.5 Å². The van der Waals surface area contributed by atoms with Gasteiger partial charge in [0.15, 0.2) is 0 Å². The Bertz CT molecular complexity index is 1060. The van der Waals surface area contributed by atoms with E-state index in [9.17, 15) is 9.59 Å². The number of amides is 2. The van der Waals surface area contributed by atoms with E-state index in [2.05, 4.69) is 10.3 Å². The SMILES string of the molecule is COc1ccc(C)cc1NC(=O)N1CCC(n2c(=O)[nH]c3ccccc32)CC1. The van der Waals surface area contributed by atoms with E-state index in [0.29, 0.717) is 24.5 Å². The molecule has 0 saturated carbocycles. The lowest BCUT2D eigenvalue weighted by Crippen LogP contribution is -2.42. The van der Waals surface area contributed by atoms with Crippen LogP contribution in [0.15, 0.2) is 47.3 Å². The molecule has 2 aromatic carbocycles. The molecule has 2 heterocycles. The fourth-order valence-corrected chi connectivity index (χ4v) is 3.88. The summed E-state index contributed by atoms with van der Waals surface area (Å²) in [6, 6.07) is 13.3. The van der Waals surface area contributed by atoms with Gasteiger partial charge in [0.2, 0.25) is 0 Å². The van der Waals surface area contributed by atoms with Gasteiger partial charge in [0, 0.05) is 19.1 Å². The van der Waals surface area contributed by atoms with Crippen LogP contribution in [0.1, 0.15) is 24.4 Å². The molecule has 7 heteroatoms. The summed E-state index contributed by atoms with van der Waals surface area (Å²) in [6.45, 7) is 3.16. The van der Waals surface area contributed by atoms with E-state index < -0.39 is 0 Å². The van der Waals surface area contributed by atoms with Crippen LogP contribution in [0.4, 0.5) is 10.5 Å². The third-order valence-electron chi connectivity index (χ3n) is 5.34. The molecule has 146 valence electrons. The molecule has 0 bridgehead atoms. The van der Waals surface area contributed by atoms with Gasteiger partial charge < -0.3 is 19.9 Å². The molecule has 0 radical (unpaired) electrons. The van der Waals surface area contributed by atoms with Crippen LogP contribution in [-0.4, -0.2) is 40.7 Å². The molecule has 7 nitrogen and oxygen atoms in total. The summed E-state index contributed by atoms with van der Waals surface area (Å²) in [6.07, 6.45) is 1.47. The number of piperidine rings is 1. The number of hydrogen-bond acceptors (Lipinski definition) is 3. The Kier molecular flexibility index (Phi) is 4.81. The lowest BCUT2D eigenvalue weighted by Gasteiger charge is -2.32. The van der Waals surface area contributed by atoms with Crippen molar-refractivity contribution in [2.45, 2.75) is 25.8 Å². The molecule has 0 unspecified atom stereocenters. The molecule has 3 aromatic rings. The maximum Gasteiger partial charge on any atom is 0.326 e. The molecular weight excluding hydrogens is 356 g/mol. The number of rotatable bonds is 3. The van der Waals surface area contributed by atoms with Crippen LogP contribution < -0.4 is 15.7 Å². The number of aromatic amines is 1. The number of aromatic nitrogens is 2. The van der Waals surface area contributed by atoms with E-state index >= 15 is 0 Å². The van der Waals surface area contributed by atoms with Gasteiger partial charge >= 0.3 is 11.7 Å². The minimum Gasteiger partial charge on any atom is -0.495 e. The van der Waals surface area contributed by atoms with Crippen LogP contribution in [0.3, 0.4) is 0 Å². The quantitative estimate of drug-likeness (QED) is 0.730. The number of likely N-dealkylation sites (tertiary alicyclic amines) is 1. The summed E-state index contributed by atoms with van der Waals surface area (Å²) in [5, 5.41) is 2.95. The van der Waals surface area contributed by atoms with Gasteiger partial charge in [-0.25, -0.2) is 9.59 Å². The Labute approximate surface area is 162 Å². The Balaban J connectivity index is 1.45. The number of carbonyl (C=O) groups excluding carboxylic acids is 1. The summed E-state index contributed by atoms with van der Waals surface area (Å²) < 4.78 is 7.16. The second-order valence-electron chi connectivity index (χ2n) is 7.17. The third kappa shape index (κ3) is 3.35. The van der Waals surface area contributed by atoms with Gasteiger partial charge in [0.05, 0.1) is 23.8 Å². The predicted molar refractivity (Wildman–Crippen MR) is 109 cm³/mol. The maximum atomic E-state index is 12.7. The van der Waals surface area contributed by atoms with Gasteiger partial charge in [-0.1, -0.05) is 18.2 Å². The zero-order chi connectivity index (χ0) is 19.7. The molecule has 1 saturated heterocycles. The topological polar surface area (TPSA) is 79.4 Å². The number of aryl methyl sites for hydroxylation is 1. The standard InChI is InChI=1S/C21H24N4O3/c1-14-7-8-19(28-2)17(13-14)23-20(26)24-11-9-15(10-12-24)25-18-6-4-3-5-16(18)22-21(25)27/h3-8,13,15H,9-12H2,1-2H3,(H,22,27)(H,23,26). The zero-order valence-electron chi connectivity index (χ0n) is 16.1. The number of nitrogens with zero attached hydrogens (tertiary/aromatic N) is 2. The first-order chi connectivity index (χ1) is 13.6. The van der Waals surface area contributed by atoms with Crippen LogP contribution in [-0.2, 0) is 0 Å². The van der Waals surface area contributed by atoms with Crippen LogP contribution in [0, 0.1) is 6.92 Å². The van der Waals surface area contributed by atoms with E-state index in [0.717, 1.165) is 29.4 Å².